The summed E-state index contributed by atoms with van der Waals surface area (Å²) in [7, 11) is 0. The predicted octanol–water partition coefficient (Wildman–Crippen LogP) is 10.4. The number of hydrogen-bond acceptors (Lipinski definition) is 4. The lowest BCUT2D eigenvalue weighted by Crippen LogP contribution is -1.97. The summed E-state index contributed by atoms with van der Waals surface area (Å²) >= 11 is 7.56. The molecule has 190 valence electrons. The van der Waals surface area contributed by atoms with Gasteiger partial charge in [-0.15, -0.1) is 10.2 Å². The van der Waals surface area contributed by atoms with E-state index < -0.39 is 0 Å². The van der Waals surface area contributed by atoms with Crippen LogP contribution in [0.5, 0.6) is 5.75 Å². The summed E-state index contributed by atoms with van der Waals surface area (Å²) in [5, 5.41) is 11.2. The van der Waals surface area contributed by atoms with Crippen molar-refractivity contribution in [1.29, 1.82) is 0 Å². The van der Waals surface area contributed by atoms with Crippen LogP contribution < -0.4 is 4.74 Å². The SMILES string of the molecule is CCCCCCCCCCCCCCCCOc1ccc(-c2nnc(-c3ccc(Cl)cc3)s2)cc1. The summed E-state index contributed by atoms with van der Waals surface area (Å²) in [6, 6.07) is 15.9. The van der Waals surface area contributed by atoms with E-state index in [1.165, 1.54) is 83.5 Å². The van der Waals surface area contributed by atoms with Gasteiger partial charge in [0, 0.05) is 16.1 Å². The molecule has 0 bridgehead atoms. The van der Waals surface area contributed by atoms with Crippen LogP contribution in [0.1, 0.15) is 96.8 Å². The van der Waals surface area contributed by atoms with Gasteiger partial charge in [-0.3, -0.25) is 0 Å². The fourth-order valence-corrected chi connectivity index (χ4v) is 5.21. The van der Waals surface area contributed by atoms with Crippen molar-refractivity contribution in [2.75, 3.05) is 6.61 Å². The Morgan fingerprint density at radius 2 is 1.03 bits per heavy atom. The van der Waals surface area contributed by atoms with Crippen LogP contribution in [0.3, 0.4) is 0 Å². The average molecular weight is 513 g/mol. The molecule has 1 aromatic heterocycles. The van der Waals surface area contributed by atoms with Crippen molar-refractivity contribution in [3.8, 4) is 26.9 Å². The number of halogens is 1. The summed E-state index contributed by atoms with van der Waals surface area (Å²) in [6.45, 7) is 3.07. The van der Waals surface area contributed by atoms with Crippen LogP contribution in [0.2, 0.25) is 5.02 Å². The Morgan fingerprint density at radius 1 is 0.600 bits per heavy atom. The zero-order valence-corrected chi connectivity index (χ0v) is 22.9. The minimum atomic E-state index is 0.725. The number of hydrogen-bond donors (Lipinski definition) is 0. The third-order valence-corrected chi connectivity index (χ3v) is 7.66. The van der Waals surface area contributed by atoms with E-state index in [9.17, 15) is 0 Å². The van der Waals surface area contributed by atoms with Gasteiger partial charge in [-0.25, -0.2) is 0 Å². The summed E-state index contributed by atoms with van der Waals surface area (Å²) < 4.78 is 5.94. The van der Waals surface area contributed by atoms with E-state index in [1.54, 1.807) is 11.3 Å². The molecule has 0 saturated heterocycles. The molecule has 2 aromatic carbocycles. The highest BCUT2D eigenvalue weighted by Gasteiger charge is 2.09. The van der Waals surface area contributed by atoms with Crippen molar-refractivity contribution in [3.63, 3.8) is 0 Å². The molecule has 3 aromatic rings. The minimum Gasteiger partial charge on any atom is -0.494 e. The summed E-state index contributed by atoms with van der Waals surface area (Å²) in [5.41, 5.74) is 2.10. The lowest BCUT2D eigenvalue weighted by molar-refractivity contribution is 0.304. The largest absolute Gasteiger partial charge is 0.494 e. The molecule has 0 N–H and O–H groups in total. The molecule has 0 radical (unpaired) electrons. The van der Waals surface area contributed by atoms with Crippen LogP contribution in [0.4, 0.5) is 0 Å². The Morgan fingerprint density at radius 3 is 1.51 bits per heavy atom. The van der Waals surface area contributed by atoms with Crippen LogP contribution in [-0.4, -0.2) is 16.8 Å². The van der Waals surface area contributed by atoms with Gasteiger partial charge < -0.3 is 4.74 Å². The molecule has 0 aliphatic rings. The van der Waals surface area contributed by atoms with Gasteiger partial charge in [-0.1, -0.05) is 125 Å². The number of benzene rings is 2. The molecule has 0 unspecified atom stereocenters. The molecule has 0 atom stereocenters. The molecule has 0 fully saturated rings. The lowest BCUT2D eigenvalue weighted by Gasteiger charge is -2.07. The van der Waals surface area contributed by atoms with E-state index in [0.717, 1.165) is 44.9 Å². The maximum atomic E-state index is 5.98. The number of ether oxygens (including phenoxy) is 1. The summed E-state index contributed by atoms with van der Waals surface area (Å²) in [6.07, 6.45) is 19.2. The first kappa shape index (κ1) is 27.7. The molecule has 0 spiro atoms. The van der Waals surface area contributed by atoms with Gasteiger partial charge in [-0.2, -0.15) is 0 Å². The molecular weight excluding hydrogens is 472 g/mol. The van der Waals surface area contributed by atoms with E-state index >= 15 is 0 Å². The van der Waals surface area contributed by atoms with Gasteiger partial charge in [0.2, 0.25) is 0 Å². The molecular formula is C30H41ClN2OS. The smallest absolute Gasteiger partial charge is 0.148 e. The van der Waals surface area contributed by atoms with Crippen molar-refractivity contribution in [2.24, 2.45) is 0 Å². The topological polar surface area (TPSA) is 35.0 Å². The number of unbranched alkanes of at least 4 members (excludes halogenated alkanes) is 13. The quantitative estimate of drug-likeness (QED) is 0.159. The first-order valence-corrected chi connectivity index (χ1v) is 14.8. The Labute approximate surface area is 221 Å². The zero-order valence-electron chi connectivity index (χ0n) is 21.3. The molecule has 5 heteroatoms. The molecule has 3 nitrogen and oxygen atoms in total. The van der Waals surface area contributed by atoms with Crippen molar-refractivity contribution >= 4 is 22.9 Å². The fraction of sp³-hybridized carbons (Fsp3) is 0.533. The molecule has 3 rings (SSSR count). The fourth-order valence-electron chi connectivity index (χ4n) is 4.23. The Kier molecular flexibility index (Phi) is 13.2. The van der Waals surface area contributed by atoms with E-state index in [1.807, 2.05) is 36.4 Å². The third-order valence-electron chi connectivity index (χ3n) is 6.38. The highest BCUT2D eigenvalue weighted by Crippen LogP contribution is 2.31. The van der Waals surface area contributed by atoms with Crippen LogP contribution in [0.15, 0.2) is 48.5 Å². The number of rotatable bonds is 18. The van der Waals surface area contributed by atoms with Crippen LogP contribution in [0.25, 0.3) is 21.1 Å². The molecule has 0 amide bonds. The summed E-state index contributed by atoms with van der Waals surface area (Å²) in [4.78, 5) is 0. The van der Waals surface area contributed by atoms with Gasteiger partial charge >= 0.3 is 0 Å². The maximum absolute atomic E-state index is 5.98. The van der Waals surface area contributed by atoms with Crippen LogP contribution >= 0.6 is 22.9 Å². The van der Waals surface area contributed by atoms with Crippen molar-refractivity contribution in [3.05, 3.63) is 53.6 Å². The highest BCUT2D eigenvalue weighted by molar-refractivity contribution is 7.17. The highest BCUT2D eigenvalue weighted by atomic mass is 35.5. The standard InChI is InChI=1S/C30H41ClN2OS/c1-2-3-4-5-6-7-8-9-10-11-12-13-14-15-24-34-28-22-18-26(19-23-28)30-33-32-29(35-30)25-16-20-27(31)21-17-25/h16-23H,2-15,24H2,1H3. The van der Waals surface area contributed by atoms with E-state index in [-0.39, 0.29) is 0 Å². The Bertz CT molecular complexity index is 940. The summed E-state index contributed by atoms with van der Waals surface area (Å²) in [5.74, 6) is 0.922. The second-order valence-electron chi connectivity index (χ2n) is 9.39. The van der Waals surface area contributed by atoms with E-state index in [0.29, 0.717) is 0 Å². The van der Waals surface area contributed by atoms with Gasteiger partial charge in [0.1, 0.15) is 15.8 Å². The van der Waals surface area contributed by atoms with Crippen LogP contribution in [0, 0.1) is 0 Å². The van der Waals surface area contributed by atoms with Crippen molar-refractivity contribution in [2.45, 2.75) is 96.8 Å². The van der Waals surface area contributed by atoms with E-state index in [4.69, 9.17) is 16.3 Å². The molecule has 1 heterocycles. The Hall–Kier alpha value is -1.91. The minimum absolute atomic E-state index is 0.725. The maximum Gasteiger partial charge on any atom is 0.148 e. The van der Waals surface area contributed by atoms with Gasteiger partial charge in [-0.05, 0) is 42.8 Å². The Balaban J connectivity index is 1.22. The first-order chi connectivity index (χ1) is 17.3. The molecule has 0 aliphatic carbocycles. The van der Waals surface area contributed by atoms with Gasteiger partial charge in [0.25, 0.3) is 0 Å². The normalized spacial score (nSPS) is 11.1. The lowest BCUT2D eigenvalue weighted by atomic mass is 10.0. The zero-order chi connectivity index (χ0) is 24.6. The first-order valence-electron chi connectivity index (χ1n) is 13.6. The molecule has 35 heavy (non-hydrogen) atoms. The monoisotopic (exact) mass is 512 g/mol. The second kappa shape index (κ2) is 16.7. The number of aromatic nitrogens is 2. The van der Waals surface area contributed by atoms with Gasteiger partial charge in [0.15, 0.2) is 0 Å². The van der Waals surface area contributed by atoms with Crippen molar-refractivity contribution in [1.82, 2.24) is 10.2 Å². The predicted molar refractivity (Wildman–Crippen MR) is 152 cm³/mol. The molecule has 0 aliphatic heterocycles. The van der Waals surface area contributed by atoms with Crippen molar-refractivity contribution < 1.29 is 4.74 Å². The van der Waals surface area contributed by atoms with E-state index in [2.05, 4.69) is 29.3 Å². The van der Waals surface area contributed by atoms with Gasteiger partial charge in [0.05, 0.1) is 6.61 Å². The molecule has 0 saturated carbocycles. The second-order valence-corrected chi connectivity index (χ2v) is 10.8. The third kappa shape index (κ3) is 10.7. The number of nitrogens with zero attached hydrogens (tertiary/aromatic N) is 2. The van der Waals surface area contributed by atoms with Crippen LogP contribution in [-0.2, 0) is 0 Å². The average Bonchev–Trinajstić information content (AvgIpc) is 3.37.